The van der Waals surface area contributed by atoms with Crippen LogP contribution >= 0.6 is 0 Å². The average molecular weight is 148 g/mol. The highest BCUT2D eigenvalue weighted by Crippen LogP contribution is 1.67. The molecule has 0 saturated carbocycles. The molecule has 62 valence electrons. The lowest BCUT2D eigenvalue weighted by Crippen LogP contribution is -3.12. The van der Waals surface area contributed by atoms with Crippen molar-refractivity contribution in [2.45, 2.75) is 20.0 Å². The summed E-state index contributed by atoms with van der Waals surface area (Å²) in [4.78, 5) is 1.44. The highest BCUT2D eigenvalue weighted by molar-refractivity contribution is 4.45. The maximum atomic E-state index is 9.21. The van der Waals surface area contributed by atoms with Crippen LogP contribution in [0.15, 0.2) is 0 Å². The maximum absolute atomic E-state index is 9.21. The van der Waals surface area contributed by atoms with Gasteiger partial charge in [0.1, 0.15) is 13.1 Å². The number of hydrogen-bond acceptors (Lipinski definition) is 1. The minimum atomic E-state index is -0.213. The molecule has 0 heterocycles. The molecule has 0 aromatic heterocycles. The van der Waals surface area contributed by atoms with Crippen LogP contribution in [0.3, 0.4) is 0 Å². The molecule has 10 heavy (non-hydrogen) atoms. The minimum absolute atomic E-state index is 0.213. The lowest BCUT2D eigenvalue weighted by Gasteiger charge is -2.16. The van der Waals surface area contributed by atoms with E-state index in [1.54, 1.807) is 0 Å². The third-order valence-corrected chi connectivity index (χ3v) is 1.86. The lowest BCUT2D eigenvalue weighted by molar-refractivity contribution is -0.900. The molecule has 5 N–H and O–H groups in total. The van der Waals surface area contributed by atoms with E-state index in [9.17, 15) is 5.11 Å². The fourth-order valence-corrected chi connectivity index (χ4v) is 0.974. The molecule has 0 fully saturated rings. The molecule has 0 spiro atoms. The van der Waals surface area contributed by atoms with Crippen LogP contribution < -0.4 is 10.6 Å². The van der Waals surface area contributed by atoms with Crippen LogP contribution in [0.25, 0.3) is 0 Å². The summed E-state index contributed by atoms with van der Waals surface area (Å²) < 4.78 is 0. The van der Waals surface area contributed by atoms with Gasteiger partial charge in [-0.2, -0.15) is 0 Å². The van der Waals surface area contributed by atoms with Crippen molar-refractivity contribution in [3.63, 3.8) is 0 Å². The van der Waals surface area contributed by atoms with Crippen molar-refractivity contribution in [3.8, 4) is 0 Å². The number of hydrogen-bond donors (Lipinski definition) is 3. The Kier molecular flexibility index (Phi) is 5.58. The molecule has 1 atom stereocenters. The topological polar surface area (TPSA) is 52.3 Å². The van der Waals surface area contributed by atoms with E-state index in [0.29, 0.717) is 6.54 Å². The molecule has 3 nitrogen and oxygen atoms in total. The Bertz CT molecular complexity index is 74.0. The summed E-state index contributed by atoms with van der Waals surface area (Å²) >= 11 is 0. The Morgan fingerprint density at radius 3 is 2.20 bits per heavy atom. The predicted molar refractivity (Wildman–Crippen MR) is 40.7 cm³/mol. The Morgan fingerprint density at radius 2 is 1.90 bits per heavy atom. The van der Waals surface area contributed by atoms with Gasteiger partial charge in [-0.15, -0.1) is 0 Å². The van der Waals surface area contributed by atoms with Gasteiger partial charge in [0.2, 0.25) is 0 Å². The SMILES string of the molecule is CC[NH+](CC)C[C@H](O)C[NH3+]. The maximum Gasteiger partial charge on any atom is 0.151 e. The monoisotopic (exact) mass is 148 g/mol. The average Bonchev–Trinajstić information content (AvgIpc) is 1.99. The van der Waals surface area contributed by atoms with Gasteiger partial charge in [0.15, 0.2) is 6.10 Å². The van der Waals surface area contributed by atoms with Gasteiger partial charge < -0.3 is 15.7 Å². The molecule has 0 saturated heterocycles. The highest BCUT2D eigenvalue weighted by atomic mass is 16.3. The molecule has 0 radical (unpaired) electrons. The molecule has 0 amide bonds. The zero-order valence-corrected chi connectivity index (χ0v) is 7.06. The van der Waals surface area contributed by atoms with Gasteiger partial charge in [-0.25, -0.2) is 0 Å². The third kappa shape index (κ3) is 3.82. The van der Waals surface area contributed by atoms with Crippen molar-refractivity contribution < 1.29 is 15.7 Å². The third-order valence-electron chi connectivity index (χ3n) is 1.86. The Labute approximate surface area is 62.8 Å². The van der Waals surface area contributed by atoms with E-state index in [0.717, 1.165) is 19.6 Å². The van der Waals surface area contributed by atoms with Crippen LogP contribution in [0, 0.1) is 0 Å². The summed E-state index contributed by atoms with van der Waals surface area (Å²) in [5, 5.41) is 9.21. The molecular formula is C7H20N2O+2. The number of rotatable bonds is 5. The first-order valence-electron chi connectivity index (χ1n) is 4.05. The van der Waals surface area contributed by atoms with Crippen molar-refractivity contribution >= 4 is 0 Å². The van der Waals surface area contributed by atoms with E-state index in [-0.39, 0.29) is 6.10 Å². The predicted octanol–water partition coefficient (Wildman–Crippen LogP) is -2.49. The van der Waals surface area contributed by atoms with E-state index in [1.165, 1.54) is 4.90 Å². The fraction of sp³-hybridized carbons (Fsp3) is 1.00. The minimum Gasteiger partial charge on any atom is -0.382 e. The van der Waals surface area contributed by atoms with Crippen LogP contribution in [0.4, 0.5) is 0 Å². The van der Waals surface area contributed by atoms with E-state index in [2.05, 4.69) is 19.6 Å². The molecule has 0 aromatic rings. The summed E-state index contributed by atoms with van der Waals surface area (Å²) in [7, 11) is 0. The molecule has 0 rings (SSSR count). The smallest absolute Gasteiger partial charge is 0.151 e. The quantitative estimate of drug-likeness (QED) is 0.397. The molecule has 3 heteroatoms. The lowest BCUT2D eigenvalue weighted by atomic mass is 10.3. The van der Waals surface area contributed by atoms with E-state index in [1.807, 2.05) is 0 Å². The van der Waals surface area contributed by atoms with Crippen LogP contribution in [-0.2, 0) is 0 Å². The second kappa shape index (κ2) is 5.65. The van der Waals surface area contributed by atoms with Gasteiger partial charge >= 0.3 is 0 Å². The molecule has 0 aliphatic carbocycles. The molecule has 0 aliphatic rings. The van der Waals surface area contributed by atoms with Gasteiger partial charge in [-0.3, -0.25) is 0 Å². The zero-order chi connectivity index (χ0) is 7.98. The summed E-state index contributed by atoms with van der Waals surface area (Å²) in [6.45, 7) is 7.92. The molecular weight excluding hydrogens is 128 g/mol. The Balaban J connectivity index is 3.41. The number of quaternary nitrogens is 2. The second-order valence-corrected chi connectivity index (χ2v) is 2.60. The molecule has 0 aromatic carbocycles. The van der Waals surface area contributed by atoms with Crippen molar-refractivity contribution in [1.29, 1.82) is 0 Å². The van der Waals surface area contributed by atoms with Crippen LogP contribution in [0.2, 0.25) is 0 Å². The fourth-order valence-electron chi connectivity index (χ4n) is 0.974. The van der Waals surface area contributed by atoms with Crippen LogP contribution in [0.1, 0.15) is 13.8 Å². The van der Waals surface area contributed by atoms with E-state index < -0.39 is 0 Å². The van der Waals surface area contributed by atoms with E-state index in [4.69, 9.17) is 0 Å². The first kappa shape index (κ1) is 9.88. The van der Waals surface area contributed by atoms with E-state index >= 15 is 0 Å². The van der Waals surface area contributed by atoms with Gasteiger partial charge in [0, 0.05) is 0 Å². The normalized spacial score (nSPS) is 14.1. The second-order valence-electron chi connectivity index (χ2n) is 2.60. The van der Waals surface area contributed by atoms with Gasteiger partial charge in [-0.05, 0) is 13.8 Å². The molecule has 0 unspecified atom stereocenters. The summed E-state index contributed by atoms with van der Waals surface area (Å²) in [6.07, 6.45) is -0.213. The van der Waals surface area contributed by atoms with Gasteiger partial charge in [-0.1, -0.05) is 0 Å². The standard InChI is InChI=1S/C7H18N2O/c1-3-9(4-2)6-7(10)5-8/h7,10H,3-6,8H2,1-2H3/p+2/t7-/m1/s1. The summed E-state index contributed by atoms with van der Waals surface area (Å²) in [5.74, 6) is 0. The van der Waals surface area contributed by atoms with Crippen molar-refractivity contribution in [2.75, 3.05) is 26.2 Å². The Hall–Kier alpha value is -0.120. The summed E-state index contributed by atoms with van der Waals surface area (Å²) in [5.41, 5.74) is 3.64. The summed E-state index contributed by atoms with van der Waals surface area (Å²) in [6, 6.07) is 0. The first-order chi connectivity index (χ1) is 4.74. The molecule has 0 bridgehead atoms. The van der Waals surface area contributed by atoms with Gasteiger partial charge in [0.05, 0.1) is 13.1 Å². The zero-order valence-electron chi connectivity index (χ0n) is 7.06. The number of nitrogens with one attached hydrogen (secondary N) is 1. The number of aliphatic hydroxyl groups excluding tert-OH is 1. The van der Waals surface area contributed by atoms with Crippen LogP contribution in [0.5, 0.6) is 0 Å². The van der Waals surface area contributed by atoms with Crippen molar-refractivity contribution in [3.05, 3.63) is 0 Å². The largest absolute Gasteiger partial charge is 0.382 e. The van der Waals surface area contributed by atoms with Gasteiger partial charge in [0.25, 0.3) is 0 Å². The van der Waals surface area contributed by atoms with Crippen molar-refractivity contribution in [1.82, 2.24) is 0 Å². The number of aliphatic hydroxyl groups is 1. The molecule has 0 aliphatic heterocycles. The van der Waals surface area contributed by atoms with Crippen LogP contribution in [-0.4, -0.2) is 37.4 Å². The Morgan fingerprint density at radius 1 is 1.40 bits per heavy atom. The highest BCUT2D eigenvalue weighted by Gasteiger charge is 2.10. The number of likely N-dealkylation sites (N-methyl/N-ethyl adjacent to an activating group) is 1. The van der Waals surface area contributed by atoms with Crippen molar-refractivity contribution in [2.24, 2.45) is 0 Å². The first-order valence-corrected chi connectivity index (χ1v) is 4.05.